The summed E-state index contributed by atoms with van der Waals surface area (Å²) in [4.78, 5) is 40.4. The number of aliphatic hydroxyl groups is 2. The summed E-state index contributed by atoms with van der Waals surface area (Å²) in [6.07, 6.45) is 1.60. The molecule has 2 aromatic carbocycles. The second-order valence-corrected chi connectivity index (χ2v) is 9.52. The lowest BCUT2D eigenvalue weighted by Gasteiger charge is -2.36. The Bertz CT molecular complexity index is 1190. The molecule has 39 heavy (non-hydrogen) atoms. The number of hydrogen-bond donors (Lipinski definition) is 3. The minimum absolute atomic E-state index is 0.0946. The molecule has 2 amide bonds. The average molecular weight is 537 g/mol. The maximum atomic E-state index is 13.3. The summed E-state index contributed by atoms with van der Waals surface area (Å²) >= 11 is 0. The molecule has 2 aromatic rings. The number of ether oxygens (including phenoxy) is 2. The summed E-state index contributed by atoms with van der Waals surface area (Å²) in [6.45, 7) is 1.52. The fourth-order valence-electron chi connectivity index (χ4n) is 4.18. The number of carbonyl (C=O) groups is 3. The van der Waals surface area contributed by atoms with Crippen LogP contribution in [0.15, 0.2) is 48.5 Å². The van der Waals surface area contributed by atoms with Gasteiger partial charge in [0.05, 0.1) is 6.10 Å². The molecule has 9 heteroatoms. The van der Waals surface area contributed by atoms with E-state index in [1.807, 2.05) is 0 Å². The van der Waals surface area contributed by atoms with Gasteiger partial charge in [0.15, 0.2) is 17.6 Å². The highest BCUT2D eigenvalue weighted by Crippen LogP contribution is 2.21. The van der Waals surface area contributed by atoms with Crippen LogP contribution in [0, 0.1) is 11.8 Å². The molecule has 1 aliphatic rings. The van der Waals surface area contributed by atoms with Gasteiger partial charge in [0.25, 0.3) is 11.8 Å². The van der Waals surface area contributed by atoms with Gasteiger partial charge in [0.2, 0.25) is 0 Å². The minimum atomic E-state index is -1.78. The van der Waals surface area contributed by atoms with Crippen LogP contribution in [0.1, 0.15) is 65.8 Å². The monoisotopic (exact) mass is 536 g/mol. The van der Waals surface area contributed by atoms with Crippen molar-refractivity contribution < 1.29 is 34.1 Å². The van der Waals surface area contributed by atoms with E-state index in [1.165, 1.54) is 21.0 Å². The number of hydrogen-bond acceptors (Lipinski definition) is 7. The number of likely N-dealkylation sites (N-methyl/N-ethyl adjacent to an activating group) is 2. The smallest absolute Gasteiger partial charge is 0.254 e. The zero-order valence-corrected chi connectivity index (χ0v) is 22.6. The van der Waals surface area contributed by atoms with Crippen molar-refractivity contribution >= 4 is 17.6 Å². The fraction of sp³-hybridized carbons (Fsp3) is 0.433. The molecule has 1 aliphatic heterocycles. The van der Waals surface area contributed by atoms with Gasteiger partial charge in [-0.2, -0.15) is 0 Å². The van der Waals surface area contributed by atoms with Gasteiger partial charge in [-0.05, 0) is 68.1 Å². The van der Waals surface area contributed by atoms with Crippen LogP contribution < -0.4 is 5.32 Å². The molecule has 9 nitrogen and oxygen atoms in total. The number of aliphatic hydroxyl groups excluding tert-OH is 2. The van der Waals surface area contributed by atoms with Crippen LogP contribution in [0.3, 0.4) is 0 Å². The number of amides is 2. The maximum absolute atomic E-state index is 13.3. The fourth-order valence-corrected chi connectivity index (χ4v) is 4.18. The Hall–Kier alpha value is -3.55. The molecular formula is C30H36N2O7. The van der Waals surface area contributed by atoms with E-state index < -0.39 is 35.5 Å². The Balaban J connectivity index is 1.69. The Morgan fingerprint density at radius 2 is 1.72 bits per heavy atom. The minimum Gasteiger partial charge on any atom is -0.396 e. The molecule has 0 aromatic heterocycles. The second kappa shape index (κ2) is 14.0. The molecule has 3 N–H and O–H groups in total. The molecule has 1 saturated heterocycles. The topological polar surface area (TPSA) is 125 Å². The summed E-state index contributed by atoms with van der Waals surface area (Å²) in [5, 5.41) is 21.4. The lowest BCUT2D eigenvalue weighted by atomic mass is 9.92. The predicted molar refractivity (Wildman–Crippen MR) is 145 cm³/mol. The Kier molecular flexibility index (Phi) is 10.8. The van der Waals surface area contributed by atoms with Crippen molar-refractivity contribution in [3.8, 4) is 11.8 Å². The quantitative estimate of drug-likeness (QED) is 0.314. The largest absolute Gasteiger partial charge is 0.396 e. The van der Waals surface area contributed by atoms with Crippen molar-refractivity contribution in [3.63, 3.8) is 0 Å². The van der Waals surface area contributed by atoms with Gasteiger partial charge >= 0.3 is 0 Å². The van der Waals surface area contributed by atoms with Crippen molar-refractivity contribution in [1.29, 1.82) is 0 Å². The van der Waals surface area contributed by atoms with Gasteiger partial charge in [-0.25, -0.2) is 0 Å². The van der Waals surface area contributed by atoms with Crippen LogP contribution >= 0.6 is 0 Å². The number of benzene rings is 2. The summed E-state index contributed by atoms with van der Waals surface area (Å²) in [5.41, 5.74) is 0.637. The van der Waals surface area contributed by atoms with E-state index in [4.69, 9.17) is 14.6 Å². The lowest BCUT2D eigenvalue weighted by Crippen LogP contribution is -2.62. The first kappa shape index (κ1) is 30.0. The van der Waals surface area contributed by atoms with Gasteiger partial charge in [-0.3, -0.25) is 14.4 Å². The number of nitrogens with zero attached hydrogens (tertiary/aromatic N) is 1. The standard InChI is InChI=1S/C30H36N2O7/c1-30(29(37)31-2,26(35)20-39-27-6-4-5-19-38-27)32(3)28(36)24-15-11-22(12-16-24)8-7-21-9-13-23(14-10-21)25(34)17-18-33/h9-16,25,27,33-34H,4-6,17-20H2,1-3H3,(H,31,37)/t25?,27?,30-/m1/s1. The van der Waals surface area contributed by atoms with E-state index >= 15 is 0 Å². The van der Waals surface area contributed by atoms with Crippen molar-refractivity contribution in [2.24, 2.45) is 0 Å². The third-order valence-corrected chi connectivity index (χ3v) is 6.91. The molecule has 0 radical (unpaired) electrons. The molecule has 0 bridgehead atoms. The number of ketones is 1. The zero-order chi connectivity index (χ0) is 28.4. The number of rotatable bonds is 10. The van der Waals surface area contributed by atoms with Crippen molar-refractivity contribution in [3.05, 3.63) is 70.8 Å². The molecule has 2 unspecified atom stereocenters. The van der Waals surface area contributed by atoms with Gasteiger partial charge < -0.3 is 29.9 Å². The van der Waals surface area contributed by atoms with E-state index in [0.717, 1.165) is 23.3 Å². The summed E-state index contributed by atoms with van der Waals surface area (Å²) in [5.74, 6) is 4.40. The number of Topliss-reactive ketones (excluding diaryl/α,β-unsaturated/α-hetero) is 1. The molecule has 0 saturated carbocycles. The van der Waals surface area contributed by atoms with E-state index in [9.17, 15) is 19.5 Å². The first-order valence-electron chi connectivity index (χ1n) is 13.0. The van der Waals surface area contributed by atoms with Crippen molar-refractivity contribution in [1.82, 2.24) is 10.2 Å². The second-order valence-electron chi connectivity index (χ2n) is 9.52. The molecule has 0 spiro atoms. The first-order chi connectivity index (χ1) is 18.7. The van der Waals surface area contributed by atoms with Crippen LogP contribution in [-0.2, 0) is 19.1 Å². The van der Waals surface area contributed by atoms with Crippen molar-refractivity contribution in [2.75, 3.05) is 33.9 Å². The first-order valence-corrected chi connectivity index (χ1v) is 13.0. The normalized spacial score (nSPS) is 17.2. The Labute approximate surface area is 229 Å². The Morgan fingerprint density at radius 1 is 1.10 bits per heavy atom. The summed E-state index contributed by atoms with van der Waals surface area (Å²) < 4.78 is 11.1. The van der Waals surface area contributed by atoms with E-state index in [2.05, 4.69) is 17.2 Å². The van der Waals surface area contributed by atoms with Crippen LogP contribution in [0.4, 0.5) is 0 Å². The summed E-state index contributed by atoms with van der Waals surface area (Å²) in [6, 6.07) is 13.7. The van der Waals surface area contributed by atoms with E-state index in [-0.39, 0.29) is 19.6 Å². The highest BCUT2D eigenvalue weighted by Gasteiger charge is 2.46. The van der Waals surface area contributed by atoms with Crippen molar-refractivity contribution in [2.45, 2.75) is 50.5 Å². The molecule has 1 fully saturated rings. The molecule has 0 aliphatic carbocycles. The van der Waals surface area contributed by atoms with Gasteiger partial charge in [-0.15, -0.1) is 0 Å². The zero-order valence-electron chi connectivity index (χ0n) is 22.6. The van der Waals surface area contributed by atoms with E-state index in [0.29, 0.717) is 29.7 Å². The third kappa shape index (κ3) is 7.52. The van der Waals surface area contributed by atoms with Crippen LogP contribution in [0.5, 0.6) is 0 Å². The van der Waals surface area contributed by atoms with Crippen LogP contribution in [0.2, 0.25) is 0 Å². The van der Waals surface area contributed by atoms with E-state index in [1.54, 1.807) is 48.5 Å². The molecule has 3 atom stereocenters. The van der Waals surface area contributed by atoms with Gasteiger partial charge in [-0.1, -0.05) is 24.0 Å². The van der Waals surface area contributed by atoms with Crippen LogP contribution in [-0.4, -0.2) is 78.5 Å². The Morgan fingerprint density at radius 3 is 2.26 bits per heavy atom. The molecule has 1 heterocycles. The van der Waals surface area contributed by atoms with Crippen LogP contribution in [0.25, 0.3) is 0 Å². The summed E-state index contributed by atoms with van der Waals surface area (Å²) in [7, 11) is 2.83. The SMILES string of the molecule is CNC(=O)[C@@](C)(C(=O)COC1CCCCO1)N(C)C(=O)c1ccc(C#Cc2ccc(C(O)CCO)cc2)cc1. The maximum Gasteiger partial charge on any atom is 0.254 e. The lowest BCUT2D eigenvalue weighted by molar-refractivity contribution is -0.174. The molecular weight excluding hydrogens is 500 g/mol. The molecule has 3 rings (SSSR count). The van der Waals surface area contributed by atoms with Gasteiger partial charge in [0.1, 0.15) is 6.61 Å². The third-order valence-electron chi connectivity index (χ3n) is 6.91. The number of carbonyl (C=O) groups excluding carboxylic acids is 3. The average Bonchev–Trinajstić information content (AvgIpc) is 2.98. The molecule has 208 valence electrons. The number of nitrogens with one attached hydrogen (secondary N) is 1. The highest BCUT2D eigenvalue weighted by atomic mass is 16.7. The van der Waals surface area contributed by atoms with Gasteiger partial charge in [0, 0.05) is 50.4 Å². The predicted octanol–water partition coefficient (Wildman–Crippen LogP) is 2.19. The highest BCUT2D eigenvalue weighted by molar-refractivity contribution is 6.14.